The molecule has 2 aliphatic rings. The number of anilines is 2. The second-order valence-electron chi connectivity index (χ2n) is 7.84. The summed E-state index contributed by atoms with van der Waals surface area (Å²) in [6.45, 7) is 7.57. The van der Waals surface area contributed by atoms with Crippen LogP contribution in [0.2, 0.25) is 0 Å². The van der Waals surface area contributed by atoms with Crippen LogP contribution in [-0.2, 0) is 14.4 Å². The van der Waals surface area contributed by atoms with Crippen molar-refractivity contribution in [3.8, 4) is 0 Å². The van der Waals surface area contributed by atoms with Gasteiger partial charge in [-0.15, -0.1) is 0 Å². The molecule has 0 aliphatic carbocycles. The zero-order valence-corrected chi connectivity index (χ0v) is 17.3. The summed E-state index contributed by atoms with van der Waals surface area (Å²) in [6, 6.07) is 9.38. The molecule has 0 unspecified atom stereocenters. The maximum absolute atomic E-state index is 13.1. The maximum atomic E-state index is 13.1. The Morgan fingerprint density at radius 2 is 1.70 bits per heavy atom. The molecule has 1 fully saturated rings. The maximum Gasteiger partial charge on any atom is 0.263 e. The van der Waals surface area contributed by atoms with E-state index in [1.807, 2.05) is 52.0 Å². The summed E-state index contributed by atoms with van der Waals surface area (Å²) >= 11 is 0. The number of imide groups is 1. The Bertz CT molecular complexity index is 1090. The van der Waals surface area contributed by atoms with Crippen LogP contribution in [0.1, 0.15) is 22.3 Å². The first kappa shape index (κ1) is 19.8. The molecule has 2 aromatic carbocycles. The molecule has 0 aromatic heterocycles. The zero-order valence-electron chi connectivity index (χ0n) is 17.3. The fraction of sp³-hybridized carbons (Fsp3) is 0.318. The van der Waals surface area contributed by atoms with Crippen LogP contribution in [0.3, 0.4) is 0 Å². The summed E-state index contributed by atoms with van der Waals surface area (Å²) in [4.78, 5) is 39.6. The van der Waals surface area contributed by atoms with Crippen LogP contribution in [0, 0.1) is 27.7 Å². The Morgan fingerprint density at radius 1 is 0.967 bits per heavy atom. The fourth-order valence-corrected chi connectivity index (χ4v) is 3.68. The minimum atomic E-state index is -0.924. The third-order valence-electron chi connectivity index (χ3n) is 5.58. The molecular weight excluding hydrogens is 382 g/mol. The van der Waals surface area contributed by atoms with E-state index in [-0.39, 0.29) is 12.5 Å². The smallest absolute Gasteiger partial charge is 0.263 e. The highest BCUT2D eigenvalue weighted by atomic mass is 16.2. The van der Waals surface area contributed by atoms with Crippen molar-refractivity contribution in [1.29, 1.82) is 0 Å². The molecule has 2 aromatic rings. The zero-order chi connectivity index (χ0) is 21.6. The van der Waals surface area contributed by atoms with Gasteiger partial charge in [-0.3, -0.25) is 19.4 Å². The highest BCUT2D eigenvalue weighted by Gasteiger charge is 2.55. The predicted octanol–water partition coefficient (Wildman–Crippen LogP) is 2.85. The summed E-state index contributed by atoms with van der Waals surface area (Å²) in [7, 11) is 0. The van der Waals surface area contributed by atoms with Gasteiger partial charge in [0.1, 0.15) is 6.54 Å². The Hall–Kier alpha value is -3.55. The van der Waals surface area contributed by atoms with Crippen molar-refractivity contribution in [1.82, 2.24) is 5.01 Å². The van der Waals surface area contributed by atoms with E-state index in [0.717, 1.165) is 27.2 Å². The lowest BCUT2D eigenvalue weighted by Crippen LogP contribution is -2.43. The van der Waals surface area contributed by atoms with Crippen LogP contribution in [-0.4, -0.2) is 41.4 Å². The van der Waals surface area contributed by atoms with Crippen LogP contribution >= 0.6 is 0 Å². The van der Waals surface area contributed by atoms with Crippen molar-refractivity contribution >= 4 is 29.1 Å². The number of nitrogens with one attached hydrogen (secondary N) is 1. The number of hydrogen-bond acceptors (Lipinski definition) is 6. The van der Waals surface area contributed by atoms with E-state index in [0.29, 0.717) is 11.4 Å². The van der Waals surface area contributed by atoms with Gasteiger partial charge in [-0.2, -0.15) is 5.11 Å². The first-order valence-corrected chi connectivity index (χ1v) is 9.76. The van der Waals surface area contributed by atoms with Crippen molar-refractivity contribution in [2.75, 3.05) is 16.8 Å². The van der Waals surface area contributed by atoms with Crippen LogP contribution in [0.25, 0.3) is 0 Å². The molecular formula is C22H23N5O3. The molecule has 1 N–H and O–H groups in total. The second kappa shape index (κ2) is 7.37. The van der Waals surface area contributed by atoms with E-state index in [1.165, 1.54) is 5.01 Å². The highest BCUT2D eigenvalue weighted by Crippen LogP contribution is 2.32. The van der Waals surface area contributed by atoms with Gasteiger partial charge in [0.05, 0.1) is 5.69 Å². The molecule has 8 heteroatoms. The van der Waals surface area contributed by atoms with Crippen LogP contribution in [0.15, 0.2) is 46.7 Å². The molecule has 2 atom stereocenters. The Kier molecular flexibility index (Phi) is 4.85. The van der Waals surface area contributed by atoms with Crippen molar-refractivity contribution in [3.05, 3.63) is 58.7 Å². The highest BCUT2D eigenvalue weighted by molar-refractivity contribution is 6.25. The third kappa shape index (κ3) is 3.34. The molecule has 0 bridgehead atoms. The minimum Gasteiger partial charge on any atom is -0.324 e. The number of carbonyl (C=O) groups excluding carboxylic acids is 3. The molecule has 3 amide bonds. The van der Waals surface area contributed by atoms with Gasteiger partial charge in [0, 0.05) is 5.69 Å². The standard InChI is InChI=1S/C22H23N5O3/c1-12-5-6-14(3)17(9-12)23-18(28)11-26-20-19(24-25-26)21(29)27(22(20)30)16-8-7-13(2)15(4)10-16/h5-10,19-20H,11H2,1-4H3,(H,23,28)/t19-,20-/m1/s1. The normalized spacial score (nSPS) is 20.1. The van der Waals surface area contributed by atoms with E-state index in [4.69, 9.17) is 0 Å². The monoisotopic (exact) mass is 405 g/mol. The molecule has 2 aliphatic heterocycles. The fourth-order valence-electron chi connectivity index (χ4n) is 3.68. The van der Waals surface area contributed by atoms with Gasteiger partial charge >= 0.3 is 0 Å². The van der Waals surface area contributed by atoms with Gasteiger partial charge in [0.15, 0.2) is 12.1 Å². The molecule has 1 saturated heterocycles. The SMILES string of the molecule is Cc1ccc(C)c(NC(=O)CN2N=N[C@H]3C(=O)N(c4ccc(C)c(C)c4)C(=O)[C@@H]32)c1. The topological polar surface area (TPSA) is 94.4 Å². The van der Waals surface area contributed by atoms with E-state index in [1.54, 1.807) is 12.1 Å². The molecule has 0 spiro atoms. The Balaban J connectivity index is 1.51. The average molecular weight is 405 g/mol. The Morgan fingerprint density at radius 3 is 2.43 bits per heavy atom. The van der Waals surface area contributed by atoms with Crippen LogP contribution < -0.4 is 10.2 Å². The number of fused-ring (bicyclic) bond motifs is 1. The summed E-state index contributed by atoms with van der Waals surface area (Å²) in [5.74, 6) is -1.17. The average Bonchev–Trinajstić information content (AvgIpc) is 3.21. The first-order chi connectivity index (χ1) is 14.3. The lowest BCUT2D eigenvalue weighted by atomic mass is 10.1. The summed E-state index contributed by atoms with van der Waals surface area (Å²) in [5, 5.41) is 12.1. The molecule has 30 heavy (non-hydrogen) atoms. The molecule has 154 valence electrons. The van der Waals surface area contributed by atoms with Gasteiger partial charge < -0.3 is 5.32 Å². The van der Waals surface area contributed by atoms with Gasteiger partial charge in [0.2, 0.25) is 5.91 Å². The van der Waals surface area contributed by atoms with Crippen LogP contribution in [0.5, 0.6) is 0 Å². The molecule has 8 nitrogen and oxygen atoms in total. The number of carbonyl (C=O) groups is 3. The van der Waals surface area contributed by atoms with Crippen molar-refractivity contribution in [2.45, 2.75) is 39.8 Å². The van der Waals surface area contributed by atoms with Gasteiger partial charge in [0.25, 0.3) is 11.8 Å². The number of rotatable bonds is 4. The third-order valence-corrected chi connectivity index (χ3v) is 5.58. The lowest BCUT2D eigenvalue weighted by molar-refractivity contribution is -0.123. The molecule has 4 rings (SSSR count). The summed E-state index contributed by atoms with van der Waals surface area (Å²) in [5.41, 5.74) is 5.23. The number of amides is 3. The van der Waals surface area contributed by atoms with Gasteiger partial charge in [-0.05, 0) is 68.1 Å². The summed E-state index contributed by atoms with van der Waals surface area (Å²) in [6.07, 6.45) is 0. The molecule has 0 saturated carbocycles. The van der Waals surface area contributed by atoms with Crippen molar-refractivity contribution < 1.29 is 14.4 Å². The number of benzene rings is 2. The number of aryl methyl sites for hydroxylation is 4. The Labute approximate surface area is 174 Å². The number of nitrogens with zero attached hydrogens (tertiary/aromatic N) is 4. The largest absolute Gasteiger partial charge is 0.324 e. The van der Waals surface area contributed by atoms with Gasteiger partial charge in [-0.25, -0.2) is 4.90 Å². The van der Waals surface area contributed by atoms with Crippen LogP contribution in [0.4, 0.5) is 11.4 Å². The van der Waals surface area contributed by atoms with E-state index in [9.17, 15) is 14.4 Å². The van der Waals surface area contributed by atoms with Gasteiger partial charge in [-0.1, -0.05) is 23.4 Å². The lowest BCUT2D eigenvalue weighted by Gasteiger charge is -2.21. The van der Waals surface area contributed by atoms with E-state index >= 15 is 0 Å². The summed E-state index contributed by atoms with van der Waals surface area (Å²) < 4.78 is 0. The first-order valence-electron chi connectivity index (χ1n) is 9.76. The quantitative estimate of drug-likeness (QED) is 0.792. The van der Waals surface area contributed by atoms with E-state index in [2.05, 4.69) is 15.7 Å². The number of hydrogen-bond donors (Lipinski definition) is 1. The van der Waals surface area contributed by atoms with Crippen molar-refractivity contribution in [3.63, 3.8) is 0 Å². The predicted molar refractivity (Wildman–Crippen MR) is 112 cm³/mol. The minimum absolute atomic E-state index is 0.169. The van der Waals surface area contributed by atoms with Crippen molar-refractivity contribution in [2.24, 2.45) is 10.3 Å². The molecule has 0 radical (unpaired) electrons. The van der Waals surface area contributed by atoms with E-state index < -0.39 is 23.9 Å². The second-order valence-corrected chi connectivity index (χ2v) is 7.84. The molecule has 2 heterocycles.